The SMILES string of the molecule is NCC(=O)N1C(=O)NC[C@H]1C(=O)NCc1nn[nH]n1. The average molecular weight is 268 g/mol. The summed E-state index contributed by atoms with van der Waals surface area (Å²) in [4.78, 5) is 35.6. The molecular weight excluding hydrogens is 256 g/mol. The van der Waals surface area contributed by atoms with Crippen molar-refractivity contribution in [2.45, 2.75) is 12.6 Å². The first kappa shape index (κ1) is 12.9. The lowest BCUT2D eigenvalue weighted by Gasteiger charge is -2.19. The number of carbonyl (C=O) groups is 3. The summed E-state index contributed by atoms with van der Waals surface area (Å²) in [6.45, 7) is -0.255. The first-order valence-electron chi connectivity index (χ1n) is 5.43. The second-order valence-electron chi connectivity index (χ2n) is 3.72. The Morgan fingerprint density at radius 2 is 2.32 bits per heavy atom. The van der Waals surface area contributed by atoms with Crippen molar-refractivity contribution >= 4 is 17.8 Å². The minimum atomic E-state index is -0.921. The van der Waals surface area contributed by atoms with E-state index in [-0.39, 0.29) is 19.6 Å². The van der Waals surface area contributed by atoms with E-state index in [1.165, 1.54) is 0 Å². The number of H-pyrrole nitrogens is 1. The summed E-state index contributed by atoms with van der Waals surface area (Å²) in [5, 5.41) is 17.8. The van der Waals surface area contributed by atoms with Gasteiger partial charge in [0.2, 0.25) is 11.8 Å². The minimum absolute atomic E-state index is 0.0443. The minimum Gasteiger partial charge on any atom is -0.347 e. The zero-order chi connectivity index (χ0) is 13.8. The molecule has 5 N–H and O–H groups in total. The second kappa shape index (κ2) is 5.39. The number of hydrogen-bond donors (Lipinski definition) is 4. The first-order chi connectivity index (χ1) is 9.13. The number of tetrazole rings is 1. The molecule has 0 unspecified atom stereocenters. The van der Waals surface area contributed by atoms with Gasteiger partial charge in [-0.15, -0.1) is 10.2 Å². The van der Waals surface area contributed by atoms with Gasteiger partial charge in [-0.3, -0.25) is 9.59 Å². The fourth-order valence-electron chi connectivity index (χ4n) is 1.64. The largest absolute Gasteiger partial charge is 0.347 e. The molecular formula is C8H12N8O3. The molecule has 19 heavy (non-hydrogen) atoms. The maximum Gasteiger partial charge on any atom is 0.325 e. The van der Waals surface area contributed by atoms with E-state index >= 15 is 0 Å². The molecule has 2 heterocycles. The highest BCUT2D eigenvalue weighted by Gasteiger charge is 2.39. The highest BCUT2D eigenvalue weighted by atomic mass is 16.2. The number of nitrogens with two attached hydrogens (primary N) is 1. The van der Waals surface area contributed by atoms with Crippen LogP contribution in [-0.2, 0) is 16.1 Å². The molecule has 102 valence electrons. The maximum atomic E-state index is 11.9. The summed E-state index contributed by atoms with van der Waals surface area (Å²) < 4.78 is 0. The number of amides is 4. The van der Waals surface area contributed by atoms with Crippen LogP contribution in [0.25, 0.3) is 0 Å². The Morgan fingerprint density at radius 3 is 2.95 bits per heavy atom. The molecule has 11 heteroatoms. The molecule has 11 nitrogen and oxygen atoms in total. The molecule has 1 aromatic rings. The normalized spacial score (nSPS) is 18.3. The summed E-state index contributed by atoms with van der Waals surface area (Å²) in [6, 6.07) is -1.55. The van der Waals surface area contributed by atoms with Gasteiger partial charge in [0.25, 0.3) is 0 Å². The Morgan fingerprint density at radius 1 is 1.53 bits per heavy atom. The monoisotopic (exact) mass is 268 g/mol. The predicted octanol–water partition coefficient (Wildman–Crippen LogP) is -3.30. The molecule has 1 aliphatic heterocycles. The Balaban J connectivity index is 1.97. The molecule has 0 bridgehead atoms. The topological polar surface area (TPSA) is 159 Å². The summed E-state index contributed by atoms with van der Waals surface area (Å²) in [7, 11) is 0. The van der Waals surface area contributed by atoms with Crippen molar-refractivity contribution in [1.82, 2.24) is 36.2 Å². The zero-order valence-corrected chi connectivity index (χ0v) is 9.79. The highest BCUT2D eigenvalue weighted by Crippen LogP contribution is 2.07. The fourth-order valence-corrected chi connectivity index (χ4v) is 1.64. The van der Waals surface area contributed by atoms with Crippen molar-refractivity contribution in [3.8, 4) is 0 Å². The van der Waals surface area contributed by atoms with E-state index in [1.54, 1.807) is 0 Å². The standard InChI is InChI=1S/C8H12N8O3/c9-1-6(17)16-4(2-11-8(16)19)7(18)10-3-5-12-14-15-13-5/h4H,1-3,9H2,(H,10,18)(H,11,19)(H,12,13,14,15)/t4-/m0/s1. The van der Waals surface area contributed by atoms with Crippen molar-refractivity contribution in [2.24, 2.45) is 5.73 Å². The maximum absolute atomic E-state index is 11.9. The van der Waals surface area contributed by atoms with Gasteiger partial charge < -0.3 is 16.4 Å². The van der Waals surface area contributed by atoms with Crippen LogP contribution in [0, 0.1) is 0 Å². The smallest absolute Gasteiger partial charge is 0.325 e. The van der Waals surface area contributed by atoms with E-state index in [4.69, 9.17) is 5.73 Å². The number of imide groups is 1. The molecule has 0 aliphatic carbocycles. The Labute approximate surface area is 106 Å². The third-order valence-corrected chi connectivity index (χ3v) is 2.53. The number of hydrogen-bond acceptors (Lipinski definition) is 7. The third-order valence-electron chi connectivity index (χ3n) is 2.53. The van der Waals surface area contributed by atoms with Gasteiger partial charge in [0.15, 0.2) is 5.82 Å². The lowest BCUT2D eigenvalue weighted by Crippen LogP contribution is -2.50. The van der Waals surface area contributed by atoms with Crippen molar-refractivity contribution in [3.63, 3.8) is 0 Å². The average Bonchev–Trinajstić information content (AvgIpc) is 3.04. The molecule has 1 aliphatic rings. The number of aromatic nitrogens is 4. The summed E-state index contributed by atoms with van der Waals surface area (Å²) in [5.74, 6) is -0.818. The van der Waals surface area contributed by atoms with Crippen molar-refractivity contribution in [3.05, 3.63) is 5.82 Å². The summed E-state index contributed by atoms with van der Waals surface area (Å²) >= 11 is 0. The molecule has 0 aromatic carbocycles. The van der Waals surface area contributed by atoms with Gasteiger partial charge in [0.1, 0.15) is 6.04 Å². The molecule has 2 rings (SSSR count). The van der Waals surface area contributed by atoms with Gasteiger partial charge in [0.05, 0.1) is 13.1 Å². The lowest BCUT2D eigenvalue weighted by atomic mass is 10.2. The summed E-state index contributed by atoms with van der Waals surface area (Å²) in [6.07, 6.45) is 0. The van der Waals surface area contributed by atoms with E-state index in [2.05, 4.69) is 31.3 Å². The van der Waals surface area contributed by atoms with Gasteiger partial charge in [-0.1, -0.05) is 5.21 Å². The van der Waals surface area contributed by atoms with E-state index in [1.807, 2.05) is 0 Å². The summed E-state index contributed by atoms with van der Waals surface area (Å²) in [5.41, 5.74) is 5.19. The molecule has 1 atom stereocenters. The predicted molar refractivity (Wildman–Crippen MR) is 59.1 cm³/mol. The number of aromatic amines is 1. The van der Waals surface area contributed by atoms with Crippen LogP contribution >= 0.6 is 0 Å². The van der Waals surface area contributed by atoms with Crippen molar-refractivity contribution in [1.29, 1.82) is 0 Å². The van der Waals surface area contributed by atoms with Crippen molar-refractivity contribution in [2.75, 3.05) is 13.1 Å². The first-order valence-corrected chi connectivity index (χ1v) is 5.43. The second-order valence-corrected chi connectivity index (χ2v) is 3.72. The van der Waals surface area contributed by atoms with Crippen LogP contribution in [-0.4, -0.2) is 62.5 Å². The lowest BCUT2D eigenvalue weighted by molar-refractivity contribution is -0.134. The zero-order valence-electron chi connectivity index (χ0n) is 9.79. The molecule has 0 spiro atoms. The van der Waals surface area contributed by atoms with Crippen LogP contribution < -0.4 is 16.4 Å². The number of nitrogens with one attached hydrogen (secondary N) is 3. The van der Waals surface area contributed by atoms with Crippen LogP contribution in [0.2, 0.25) is 0 Å². The van der Waals surface area contributed by atoms with Gasteiger partial charge >= 0.3 is 6.03 Å². The van der Waals surface area contributed by atoms with E-state index < -0.39 is 23.9 Å². The quantitative estimate of drug-likeness (QED) is 0.445. The Bertz CT molecular complexity index is 486. The highest BCUT2D eigenvalue weighted by molar-refractivity contribution is 6.02. The number of rotatable bonds is 4. The van der Waals surface area contributed by atoms with Crippen LogP contribution in [0.1, 0.15) is 5.82 Å². The van der Waals surface area contributed by atoms with Crippen LogP contribution in [0.5, 0.6) is 0 Å². The third kappa shape index (κ3) is 2.65. The molecule has 0 saturated carbocycles. The molecule has 0 radical (unpaired) electrons. The van der Waals surface area contributed by atoms with E-state index in [0.29, 0.717) is 5.82 Å². The number of nitrogens with zero attached hydrogens (tertiary/aromatic N) is 4. The molecule has 4 amide bonds. The van der Waals surface area contributed by atoms with Crippen molar-refractivity contribution < 1.29 is 14.4 Å². The number of urea groups is 1. The van der Waals surface area contributed by atoms with Crippen LogP contribution in [0.4, 0.5) is 4.79 Å². The van der Waals surface area contributed by atoms with Gasteiger partial charge in [-0.2, -0.15) is 5.21 Å². The molecule has 1 saturated heterocycles. The van der Waals surface area contributed by atoms with E-state index in [9.17, 15) is 14.4 Å². The van der Waals surface area contributed by atoms with Gasteiger partial charge in [0, 0.05) is 6.54 Å². The fraction of sp³-hybridized carbons (Fsp3) is 0.500. The van der Waals surface area contributed by atoms with Gasteiger partial charge in [-0.25, -0.2) is 9.69 Å². The molecule has 1 aromatic heterocycles. The number of carbonyl (C=O) groups excluding carboxylic acids is 3. The van der Waals surface area contributed by atoms with E-state index in [0.717, 1.165) is 4.90 Å². The molecule has 1 fully saturated rings. The van der Waals surface area contributed by atoms with Gasteiger partial charge in [-0.05, 0) is 0 Å². The Hall–Kier alpha value is -2.56. The van der Waals surface area contributed by atoms with Crippen LogP contribution in [0.3, 0.4) is 0 Å². The van der Waals surface area contributed by atoms with Crippen LogP contribution in [0.15, 0.2) is 0 Å². The Kier molecular flexibility index (Phi) is 3.66.